The van der Waals surface area contributed by atoms with Crippen LogP contribution in [-0.4, -0.2) is 102 Å². The molecule has 0 aromatic heterocycles. The summed E-state index contributed by atoms with van der Waals surface area (Å²) in [6.45, 7) is 8.43. The molecule has 33 heavy (non-hydrogen) atoms. The number of amides is 2. The van der Waals surface area contributed by atoms with Crippen molar-refractivity contribution in [1.82, 2.24) is 20.0 Å². The number of aliphatic hydroxyl groups is 1. The zero-order valence-corrected chi connectivity index (χ0v) is 19.7. The first-order valence-corrected chi connectivity index (χ1v) is 12.4. The fourth-order valence-electron chi connectivity index (χ4n) is 5.33. The van der Waals surface area contributed by atoms with Gasteiger partial charge in [-0.05, 0) is 69.5 Å². The van der Waals surface area contributed by atoms with Gasteiger partial charge in [0.2, 0.25) is 5.91 Å². The number of benzene rings is 1. The van der Waals surface area contributed by atoms with Crippen LogP contribution in [-0.2, 0) is 4.79 Å². The number of ether oxygens (including phenoxy) is 1. The van der Waals surface area contributed by atoms with Crippen molar-refractivity contribution in [2.45, 2.75) is 57.2 Å². The highest BCUT2D eigenvalue weighted by molar-refractivity contribution is 5.94. The predicted molar refractivity (Wildman–Crippen MR) is 126 cm³/mol. The molecule has 182 valence electrons. The molecule has 1 saturated carbocycles. The lowest BCUT2D eigenvalue weighted by Crippen LogP contribution is -2.60. The van der Waals surface area contributed by atoms with Crippen LogP contribution >= 0.6 is 0 Å². The third-order valence-electron chi connectivity index (χ3n) is 7.36. The predicted octanol–water partition coefficient (Wildman–Crippen LogP) is 1.34. The molecule has 2 aliphatic heterocycles. The van der Waals surface area contributed by atoms with Gasteiger partial charge in [0.1, 0.15) is 12.4 Å². The number of hydrogen-bond acceptors (Lipinski definition) is 6. The minimum Gasteiger partial charge on any atom is -0.492 e. The summed E-state index contributed by atoms with van der Waals surface area (Å²) >= 11 is 0. The lowest BCUT2D eigenvalue weighted by atomic mass is 9.86. The van der Waals surface area contributed by atoms with E-state index in [0.717, 1.165) is 57.7 Å². The van der Waals surface area contributed by atoms with Crippen molar-refractivity contribution in [2.24, 2.45) is 0 Å². The van der Waals surface area contributed by atoms with Crippen molar-refractivity contribution in [3.8, 4) is 5.75 Å². The summed E-state index contributed by atoms with van der Waals surface area (Å²) in [5, 5.41) is 14.1. The monoisotopic (exact) mass is 458 g/mol. The third kappa shape index (κ3) is 6.25. The maximum absolute atomic E-state index is 12.8. The molecule has 8 heteroatoms. The van der Waals surface area contributed by atoms with Gasteiger partial charge >= 0.3 is 0 Å². The van der Waals surface area contributed by atoms with E-state index in [-0.39, 0.29) is 23.9 Å². The Hall–Kier alpha value is -2.16. The number of nitrogens with one attached hydrogen (secondary N) is 1. The topological polar surface area (TPSA) is 85.4 Å². The summed E-state index contributed by atoms with van der Waals surface area (Å²) < 4.78 is 5.83. The quantitative estimate of drug-likeness (QED) is 0.642. The van der Waals surface area contributed by atoms with Crippen molar-refractivity contribution < 1.29 is 19.4 Å². The Labute approximate surface area is 196 Å². The molecule has 2 heterocycles. The van der Waals surface area contributed by atoms with E-state index in [0.29, 0.717) is 25.3 Å². The van der Waals surface area contributed by atoms with Crippen LogP contribution in [0.15, 0.2) is 24.3 Å². The number of hydrogen-bond donors (Lipinski definition) is 2. The average Bonchev–Trinajstić information content (AvgIpc) is 3.34. The Kier molecular flexibility index (Phi) is 8.22. The molecule has 3 fully saturated rings. The highest BCUT2D eigenvalue weighted by Crippen LogP contribution is 2.25. The van der Waals surface area contributed by atoms with Crippen molar-refractivity contribution in [2.75, 3.05) is 52.4 Å². The van der Waals surface area contributed by atoms with Crippen LogP contribution in [0.4, 0.5) is 0 Å². The van der Waals surface area contributed by atoms with E-state index in [2.05, 4.69) is 15.1 Å². The number of nitrogens with zero attached hydrogens (tertiary/aromatic N) is 3. The van der Waals surface area contributed by atoms with Crippen LogP contribution in [0.25, 0.3) is 0 Å². The van der Waals surface area contributed by atoms with Gasteiger partial charge in [-0.3, -0.25) is 19.4 Å². The van der Waals surface area contributed by atoms with Gasteiger partial charge in [-0.2, -0.15) is 0 Å². The molecule has 0 bridgehead atoms. The Morgan fingerprint density at radius 1 is 1.00 bits per heavy atom. The molecule has 2 saturated heterocycles. The molecule has 1 aromatic carbocycles. The fourth-order valence-corrected chi connectivity index (χ4v) is 5.33. The molecule has 8 nitrogen and oxygen atoms in total. The lowest BCUT2D eigenvalue weighted by Gasteiger charge is -2.45. The van der Waals surface area contributed by atoms with E-state index in [1.165, 1.54) is 12.8 Å². The maximum atomic E-state index is 12.8. The van der Waals surface area contributed by atoms with E-state index >= 15 is 0 Å². The van der Waals surface area contributed by atoms with Crippen LogP contribution < -0.4 is 10.1 Å². The van der Waals surface area contributed by atoms with E-state index in [1.54, 1.807) is 19.1 Å². The number of rotatable bonds is 7. The van der Waals surface area contributed by atoms with Gasteiger partial charge < -0.3 is 20.1 Å². The van der Waals surface area contributed by atoms with Crippen LogP contribution in [0.3, 0.4) is 0 Å². The number of aliphatic hydroxyl groups excluding tert-OH is 1. The third-order valence-corrected chi connectivity index (χ3v) is 7.36. The highest BCUT2D eigenvalue weighted by Gasteiger charge is 2.37. The zero-order chi connectivity index (χ0) is 23.2. The second-order valence-corrected chi connectivity index (χ2v) is 9.53. The Bertz CT molecular complexity index is 788. The molecule has 0 unspecified atom stereocenters. The van der Waals surface area contributed by atoms with Crippen molar-refractivity contribution in [1.29, 1.82) is 0 Å². The van der Waals surface area contributed by atoms with Crippen LogP contribution in [0.5, 0.6) is 5.75 Å². The minimum absolute atomic E-state index is 0.0181. The van der Waals surface area contributed by atoms with Gasteiger partial charge in [-0.1, -0.05) is 0 Å². The highest BCUT2D eigenvalue weighted by atomic mass is 16.5. The normalized spacial score (nSPS) is 26.8. The van der Waals surface area contributed by atoms with E-state index in [9.17, 15) is 14.7 Å². The van der Waals surface area contributed by atoms with Crippen molar-refractivity contribution >= 4 is 11.8 Å². The van der Waals surface area contributed by atoms with Crippen LogP contribution in [0.2, 0.25) is 0 Å². The lowest BCUT2D eigenvalue weighted by molar-refractivity contribution is -0.131. The molecule has 1 aliphatic carbocycles. The number of piperazine rings is 1. The molecule has 4 rings (SSSR count). The number of likely N-dealkylation sites (tertiary alicyclic amines) is 1. The molecule has 3 atom stereocenters. The summed E-state index contributed by atoms with van der Waals surface area (Å²) in [6, 6.07) is 7.01. The minimum atomic E-state index is -0.611. The summed E-state index contributed by atoms with van der Waals surface area (Å²) in [7, 11) is 0. The zero-order valence-electron chi connectivity index (χ0n) is 19.7. The van der Waals surface area contributed by atoms with Crippen molar-refractivity contribution in [3.05, 3.63) is 29.8 Å². The SMILES string of the molecule is CC(=O)N1CCN([C@@H]2CCC[C@@H](NC(=O)c3ccc(OCCN4CCCC4)cc3)[C@H]2O)CC1. The van der Waals surface area contributed by atoms with Gasteiger partial charge in [0.05, 0.1) is 12.1 Å². The Morgan fingerprint density at radius 2 is 1.70 bits per heavy atom. The van der Waals surface area contributed by atoms with Gasteiger partial charge in [0, 0.05) is 51.3 Å². The van der Waals surface area contributed by atoms with E-state index < -0.39 is 6.10 Å². The molecule has 0 spiro atoms. The number of carbonyl (C=O) groups excluding carboxylic acids is 2. The number of carbonyl (C=O) groups is 2. The summed E-state index contributed by atoms with van der Waals surface area (Å²) in [5.41, 5.74) is 0.575. The molecular weight excluding hydrogens is 420 g/mol. The smallest absolute Gasteiger partial charge is 0.251 e. The molecule has 0 radical (unpaired) electrons. The van der Waals surface area contributed by atoms with E-state index in [4.69, 9.17) is 4.74 Å². The molecule has 2 N–H and O–H groups in total. The standard InChI is InChI=1S/C25H38N4O4/c1-19(30)28-13-15-29(16-14-28)23-6-4-5-22(24(23)31)26-25(32)20-7-9-21(10-8-20)33-18-17-27-11-2-3-12-27/h7-10,22-24,31H,2-6,11-18H2,1H3,(H,26,32)/t22-,23-,24-/m1/s1. The second kappa shape index (κ2) is 11.3. The first kappa shape index (κ1) is 24.0. The first-order valence-electron chi connectivity index (χ1n) is 12.4. The summed E-state index contributed by atoms with van der Waals surface area (Å²) in [6.07, 6.45) is 4.59. The Balaban J connectivity index is 1.25. The fraction of sp³-hybridized carbons (Fsp3) is 0.680. The van der Waals surface area contributed by atoms with Crippen molar-refractivity contribution in [3.63, 3.8) is 0 Å². The first-order chi connectivity index (χ1) is 16.0. The van der Waals surface area contributed by atoms with Gasteiger partial charge in [-0.15, -0.1) is 0 Å². The largest absolute Gasteiger partial charge is 0.492 e. The molecule has 3 aliphatic rings. The van der Waals surface area contributed by atoms with Gasteiger partial charge in [0.25, 0.3) is 5.91 Å². The molecular formula is C25H38N4O4. The Morgan fingerprint density at radius 3 is 2.36 bits per heavy atom. The second-order valence-electron chi connectivity index (χ2n) is 9.53. The van der Waals surface area contributed by atoms with Crippen LogP contribution in [0, 0.1) is 0 Å². The molecule has 1 aromatic rings. The summed E-state index contributed by atoms with van der Waals surface area (Å²) in [4.78, 5) is 31.0. The average molecular weight is 459 g/mol. The maximum Gasteiger partial charge on any atom is 0.251 e. The van der Waals surface area contributed by atoms with Crippen LogP contribution in [0.1, 0.15) is 49.4 Å². The van der Waals surface area contributed by atoms with Gasteiger partial charge in [-0.25, -0.2) is 0 Å². The molecule has 2 amide bonds. The van der Waals surface area contributed by atoms with Gasteiger partial charge in [0.15, 0.2) is 0 Å². The van der Waals surface area contributed by atoms with E-state index in [1.807, 2.05) is 17.0 Å². The summed E-state index contributed by atoms with van der Waals surface area (Å²) in [5.74, 6) is 0.713.